The third-order valence-corrected chi connectivity index (χ3v) is 4.76. The second kappa shape index (κ2) is 10.2. The summed E-state index contributed by atoms with van der Waals surface area (Å²) in [5, 5.41) is 3.34. The van der Waals surface area contributed by atoms with Crippen molar-refractivity contribution >= 4 is 34.3 Å². The Morgan fingerprint density at radius 1 is 1.13 bits per heavy atom. The number of allylic oxidation sites excluding steroid dienone is 2. The van der Waals surface area contributed by atoms with E-state index in [1.807, 2.05) is 45.0 Å². The summed E-state index contributed by atoms with van der Waals surface area (Å²) in [6, 6.07) is 9.41. The van der Waals surface area contributed by atoms with Crippen molar-refractivity contribution in [2.24, 2.45) is 4.99 Å². The van der Waals surface area contributed by atoms with Crippen molar-refractivity contribution in [3.63, 3.8) is 0 Å². The van der Waals surface area contributed by atoms with Crippen LogP contribution in [0.3, 0.4) is 0 Å². The molecule has 31 heavy (non-hydrogen) atoms. The van der Waals surface area contributed by atoms with Crippen LogP contribution in [0.5, 0.6) is 0 Å². The van der Waals surface area contributed by atoms with Gasteiger partial charge in [-0.25, -0.2) is 13.8 Å². The summed E-state index contributed by atoms with van der Waals surface area (Å²) in [4.78, 5) is 15.2. The van der Waals surface area contributed by atoms with Gasteiger partial charge in [0.2, 0.25) is 0 Å². The van der Waals surface area contributed by atoms with Crippen LogP contribution < -0.4 is 10.2 Å². The van der Waals surface area contributed by atoms with E-state index in [0.717, 1.165) is 22.7 Å². The highest BCUT2D eigenvalue weighted by molar-refractivity contribution is 6.10. The summed E-state index contributed by atoms with van der Waals surface area (Å²) in [6.45, 7) is 7.16. The van der Waals surface area contributed by atoms with Gasteiger partial charge in [0.25, 0.3) is 0 Å². The van der Waals surface area contributed by atoms with Gasteiger partial charge < -0.3 is 10.2 Å². The van der Waals surface area contributed by atoms with Crippen LogP contribution in [0.1, 0.15) is 26.3 Å². The Bertz CT molecular complexity index is 1090. The maximum absolute atomic E-state index is 13.9. The zero-order chi connectivity index (χ0) is 22.4. The molecule has 2 heterocycles. The lowest BCUT2D eigenvalue weighted by atomic mass is 10.1. The first-order valence-electron chi connectivity index (χ1n) is 10.2. The van der Waals surface area contributed by atoms with Crippen LogP contribution >= 0.6 is 0 Å². The van der Waals surface area contributed by atoms with Crippen LogP contribution in [0.2, 0.25) is 0 Å². The number of hydrogen-bond acceptors (Lipinski definition) is 5. The maximum atomic E-state index is 13.9. The van der Waals surface area contributed by atoms with Crippen LogP contribution in [0.4, 0.5) is 20.3 Å². The van der Waals surface area contributed by atoms with Gasteiger partial charge in [-0.05, 0) is 42.8 Å². The summed E-state index contributed by atoms with van der Waals surface area (Å²) in [6.07, 6.45) is 5.51. The summed E-state index contributed by atoms with van der Waals surface area (Å²) in [5.41, 5.74) is 3.68. The second-order valence-corrected chi connectivity index (χ2v) is 7.45. The maximum Gasteiger partial charge on any atom is 0.133 e. The molecule has 0 spiro atoms. The van der Waals surface area contributed by atoms with E-state index in [9.17, 15) is 8.78 Å². The predicted molar refractivity (Wildman–Crippen MR) is 124 cm³/mol. The van der Waals surface area contributed by atoms with E-state index >= 15 is 0 Å². The van der Waals surface area contributed by atoms with Crippen LogP contribution in [0, 0.1) is 11.6 Å². The zero-order valence-corrected chi connectivity index (χ0v) is 18.2. The summed E-state index contributed by atoms with van der Waals surface area (Å²) >= 11 is 0. The SMILES string of the molecule is C/C=C(\C=NC)c1cnc2ccc(N(CCNC(C)C)c3cc(F)cc(F)c3)nc2c1. The first-order chi connectivity index (χ1) is 14.9. The lowest BCUT2D eigenvalue weighted by Gasteiger charge is -2.25. The highest BCUT2D eigenvalue weighted by Crippen LogP contribution is 2.27. The third-order valence-electron chi connectivity index (χ3n) is 4.76. The van der Waals surface area contributed by atoms with Crippen molar-refractivity contribution in [2.75, 3.05) is 25.0 Å². The number of nitrogens with one attached hydrogen (secondary N) is 1. The van der Waals surface area contributed by atoms with Crippen molar-refractivity contribution in [3.05, 3.63) is 65.9 Å². The van der Waals surface area contributed by atoms with Gasteiger partial charge in [-0.1, -0.05) is 19.9 Å². The van der Waals surface area contributed by atoms with Crippen molar-refractivity contribution in [1.82, 2.24) is 15.3 Å². The normalized spacial score (nSPS) is 12.3. The van der Waals surface area contributed by atoms with E-state index in [1.54, 1.807) is 24.4 Å². The molecular formula is C24H27F2N5. The summed E-state index contributed by atoms with van der Waals surface area (Å²) in [7, 11) is 1.72. The van der Waals surface area contributed by atoms with Gasteiger partial charge in [-0.3, -0.25) is 9.98 Å². The third kappa shape index (κ3) is 5.70. The molecule has 3 rings (SSSR count). The molecule has 0 aliphatic carbocycles. The highest BCUT2D eigenvalue weighted by Gasteiger charge is 2.15. The molecular weight excluding hydrogens is 396 g/mol. The fraction of sp³-hybridized carbons (Fsp3) is 0.292. The van der Waals surface area contributed by atoms with Crippen LogP contribution in [-0.4, -0.2) is 42.4 Å². The molecule has 162 valence electrons. The van der Waals surface area contributed by atoms with Crippen molar-refractivity contribution in [2.45, 2.75) is 26.8 Å². The lowest BCUT2D eigenvalue weighted by Crippen LogP contribution is -2.33. The Balaban J connectivity index is 2.05. The molecule has 1 N–H and O–H groups in total. The first-order valence-corrected chi connectivity index (χ1v) is 10.2. The number of anilines is 2. The van der Waals surface area contributed by atoms with Crippen LogP contribution in [-0.2, 0) is 0 Å². The fourth-order valence-electron chi connectivity index (χ4n) is 3.29. The number of benzene rings is 1. The Kier molecular flexibility index (Phi) is 7.41. The van der Waals surface area contributed by atoms with Crippen LogP contribution in [0.25, 0.3) is 16.6 Å². The monoisotopic (exact) mass is 423 g/mol. The minimum atomic E-state index is -0.627. The second-order valence-electron chi connectivity index (χ2n) is 7.45. The van der Waals surface area contributed by atoms with Crippen molar-refractivity contribution in [1.29, 1.82) is 0 Å². The molecule has 3 aromatic rings. The van der Waals surface area contributed by atoms with Crippen LogP contribution in [0.15, 0.2) is 53.7 Å². The van der Waals surface area contributed by atoms with Gasteiger partial charge in [0.1, 0.15) is 17.5 Å². The average Bonchev–Trinajstić information content (AvgIpc) is 2.73. The Labute approximate surface area is 181 Å². The fourth-order valence-corrected chi connectivity index (χ4v) is 3.29. The summed E-state index contributed by atoms with van der Waals surface area (Å²) in [5.74, 6) is -0.663. The standard InChI is InChI=1S/C24H27F2N5/c1-5-17(14-27-4)18-10-23-22(29-15-18)6-7-24(30-23)31(9-8-28-16(2)3)21-12-19(25)11-20(26)13-21/h5-7,10-16,28H,8-9H2,1-4H3/b17-5+,27-14?. The predicted octanol–water partition coefficient (Wildman–Crippen LogP) is 5.15. The molecule has 7 heteroatoms. The minimum Gasteiger partial charge on any atom is -0.325 e. The van der Waals surface area contributed by atoms with E-state index in [2.05, 4.69) is 15.3 Å². The molecule has 0 aliphatic heterocycles. The molecule has 0 radical (unpaired) electrons. The van der Waals surface area contributed by atoms with Gasteiger partial charge in [-0.2, -0.15) is 0 Å². The van der Waals surface area contributed by atoms with Crippen molar-refractivity contribution in [3.8, 4) is 0 Å². The molecule has 0 amide bonds. The number of aromatic nitrogens is 2. The lowest BCUT2D eigenvalue weighted by molar-refractivity contribution is 0.578. The Morgan fingerprint density at radius 2 is 1.87 bits per heavy atom. The Hall–Kier alpha value is -3.19. The van der Waals surface area contributed by atoms with Crippen molar-refractivity contribution < 1.29 is 8.78 Å². The number of aliphatic imine (C=N–C) groups is 1. The molecule has 2 aromatic heterocycles. The number of rotatable bonds is 8. The van der Waals surface area contributed by atoms with Gasteiger partial charge in [0.05, 0.1) is 11.0 Å². The van der Waals surface area contributed by atoms with E-state index in [-0.39, 0.29) is 0 Å². The molecule has 0 saturated heterocycles. The quantitative estimate of drug-likeness (QED) is 0.509. The van der Waals surface area contributed by atoms with Gasteiger partial charge >= 0.3 is 0 Å². The van der Waals surface area contributed by atoms with Gasteiger partial charge in [0, 0.05) is 55.9 Å². The van der Waals surface area contributed by atoms with Gasteiger partial charge in [0.15, 0.2) is 0 Å². The zero-order valence-electron chi connectivity index (χ0n) is 18.2. The van der Waals surface area contributed by atoms with E-state index < -0.39 is 11.6 Å². The number of pyridine rings is 2. The van der Waals surface area contributed by atoms with E-state index in [1.165, 1.54) is 12.1 Å². The Morgan fingerprint density at radius 3 is 2.52 bits per heavy atom. The average molecular weight is 424 g/mol. The molecule has 0 aliphatic rings. The molecule has 0 saturated carbocycles. The molecule has 1 aromatic carbocycles. The topological polar surface area (TPSA) is 53.4 Å². The molecule has 0 fully saturated rings. The smallest absolute Gasteiger partial charge is 0.133 e. The number of nitrogens with zero attached hydrogens (tertiary/aromatic N) is 4. The number of halogens is 2. The number of fused-ring (bicyclic) bond motifs is 1. The molecule has 5 nitrogen and oxygen atoms in total. The number of hydrogen-bond donors (Lipinski definition) is 1. The molecule has 0 unspecified atom stereocenters. The van der Waals surface area contributed by atoms with Gasteiger partial charge in [-0.15, -0.1) is 0 Å². The molecule has 0 bridgehead atoms. The summed E-state index contributed by atoms with van der Waals surface area (Å²) < 4.78 is 27.9. The minimum absolute atomic E-state index is 0.293. The van der Waals surface area contributed by atoms with E-state index in [4.69, 9.17) is 4.98 Å². The largest absolute Gasteiger partial charge is 0.325 e. The first kappa shape index (κ1) is 22.5. The van der Waals surface area contributed by atoms with E-state index in [0.29, 0.717) is 36.2 Å². The molecule has 0 atom stereocenters. The highest BCUT2D eigenvalue weighted by atomic mass is 19.1.